The molecule has 2 amide bonds. The molecule has 0 aromatic heterocycles. The number of morpholine rings is 1. The summed E-state index contributed by atoms with van der Waals surface area (Å²) in [6.07, 6.45) is 2.51. The van der Waals surface area contributed by atoms with Crippen LogP contribution in [0.15, 0.2) is 24.3 Å². The summed E-state index contributed by atoms with van der Waals surface area (Å²) in [6, 6.07) is 7.21. The number of benzene rings is 1. The van der Waals surface area contributed by atoms with Crippen LogP contribution in [0.5, 0.6) is 0 Å². The Hall–Kier alpha value is -1.92. The Morgan fingerprint density at radius 3 is 2.43 bits per heavy atom. The predicted octanol–water partition coefficient (Wildman–Crippen LogP) is 1.22. The van der Waals surface area contributed by atoms with Gasteiger partial charge >= 0.3 is 0 Å². The van der Waals surface area contributed by atoms with Crippen molar-refractivity contribution in [2.24, 2.45) is 11.7 Å². The van der Waals surface area contributed by atoms with Crippen molar-refractivity contribution in [3.63, 3.8) is 0 Å². The first-order valence-corrected chi connectivity index (χ1v) is 8.17. The van der Waals surface area contributed by atoms with Crippen LogP contribution >= 0.6 is 0 Å². The standard InChI is InChI=1S/C17H23N3O3/c18-14-4-1-13(11-14)16(21)19-15-5-2-12(3-6-15)17(22)20-7-9-23-10-8-20/h2-3,5-6,13-14H,1,4,7-11,18H2,(H,19,21). The number of nitrogens with two attached hydrogens (primary N) is 1. The van der Waals surface area contributed by atoms with Gasteiger partial charge in [0, 0.05) is 36.3 Å². The Labute approximate surface area is 136 Å². The van der Waals surface area contributed by atoms with Crippen molar-refractivity contribution in [3.05, 3.63) is 29.8 Å². The van der Waals surface area contributed by atoms with E-state index in [1.165, 1.54) is 0 Å². The first kappa shape index (κ1) is 16.0. The van der Waals surface area contributed by atoms with Crippen molar-refractivity contribution < 1.29 is 14.3 Å². The summed E-state index contributed by atoms with van der Waals surface area (Å²) in [4.78, 5) is 26.3. The lowest BCUT2D eigenvalue weighted by molar-refractivity contribution is -0.119. The summed E-state index contributed by atoms with van der Waals surface area (Å²) in [7, 11) is 0. The lowest BCUT2D eigenvalue weighted by atomic mass is 10.1. The van der Waals surface area contributed by atoms with E-state index in [0.717, 1.165) is 19.3 Å². The van der Waals surface area contributed by atoms with Gasteiger partial charge in [0.1, 0.15) is 0 Å². The second kappa shape index (κ2) is 7.10. The molecule has 2 fully saturated rings. The lowest BCUT2D eigenvalue weighted by Gasteiger charge is -2.26. The highest BCUT2D eigenvalue weighted by Gasteiger charge is 2.27. The number of carbonyl (C=O) groups is 2. The van der Waals surface area contributed by atoms with Crippen LogP contribution in [0.3, 0.4) is 0 Å². The summed E-state index contributed by atoms with van der Waals surface area (Å²) in [6.45, 7) is 2.42. The SMILES string of the molecule is NC1CCC(C(=O)Nc2ccc(C(=O)N3CCOCC3)cc2)C1. The molecule has 6 nitrogen and oxygen atoms in total. The van der Waals surface area contributed by atoms with Gasteiger partial charge < -0.3 is 20.7 Å². The van der Waals surface area contributed by atoms with Crippen LogP contribution in [0.1, 0.15) is 29.6 Å². The zero-order valence-electron chi connectivity index (χ0n) is 13.2. The van der Waals surface area contributed by atoms with Crippen molar-refractivity contribution in [1.82, 2.24) is 4.90 Å². The molecule has 0 spiro atoms. The lowest BCUT2D eigenvalue weighted by Crippen LogP contribution is -2.40. The third-order valence-electron chi connectivity index (χ3n) is 4.54. The smallest absolute Gasteiger partial charge is 0.254 e. The van der Waals surface area contributed by atoms with E-state index in [-0.39, 0.29) is 23.8 Å². The highest BCUT2D eigenvalue weighted by atomic mass is 16.5. The number of hydrogen-bond donors (Lipinski definition) is 2. The molecular weight excluding hydrogens is 294 g/mol. The number of rotatable bonds is 3. The van der Waals surface area contributed by atoms with E-state index in [4.69, 9.17) is 10.5 Å². The zero-order chi connectivity index (χ0) is 16.2. The molecule has 124 valence electrons. The predicted molar refractivity (Wildman–Crippen MR) is 87.1 cm³/mol. The maximum atomic E-state index is 12.3. The number of hydrogen-bond acceptors (Lipinski definition) is 4. The fraction of sp³-hybridized carbons (Fsp3) is 0.529. The first-order chi connectivity index (χ1) is 11.1. The second-order valence-corrected chi connectivity index (χ2v) is 6.24. The second-order valence-electron chi connectivity index (χ2n) is 6.24. The maximum Gasteiger partial charge on any atom is 0.254 e. The third-order valence-corrected chi connectivity index (χ3v) is 4.54. The van der Waals surface area contributed by atoms with E-state index < -0.39 is 0 Å². The fourth-order valence-corrected chi connectivity index (χ4v) is 3.14. The number of ether oxygens (including phenoxy) is 1. The van der Waals surface area contributed by atoms with Crippen molar-refractivity contribution in [2.45, 2.75) is 25.3 Å². The highest BCUT2D eigenvalue weighted by molar-refractivity contribution is 5.96. The quantitative estimate of drug-likeness (QED) is 0.878. The monoisotopic (exact) mass is 317 g/mol. The van der Waals surface area contributed by atoms with Crippen LogP contribution in [-0.4, -0.2) is 49.1 Å². The summed E-state index contributed by atoms with van der Waals surface area (Å²) in [5.41, 5.74) is 7.20. The van der Waals surface area contributed by atoms with Gasteiger partial charge in [-0.05, 0) is 43.5 Å². The van der Waals surface area contributed by atoms with Crippen molar-refractivity contribution in [1.29, 1.82) is 0 Å². The van der Waals surface area contributed by atoms with Crippen LogP contribution in [0.4, 0.5) is 5.69 Å². The van der Waals surface area contributed by atoms with Gasteiger partial charge in [0.25, 0.3) is 5.91 Å². The van der Waals surface area contributed by atoms with Gasteiger partial charge in [-0.2, -0.15) is 0 Å². The minimum Gasteiger partial charge on any atom is -0.378 e. The van der Waals surface area contributed by atoms with E-state index in [1.54, 1.807) is 29.2 Å². The maximum absolute atomic E-state index is 12.3. The minimum atomic E-state index is -0.000316. The third kappa shape index (κ3) is 3.89. The van der Waals surface area contributed by atoms with Gasteiger partial charge in [-0.15, -0.1) is 0 Å². The summed E-state index contributed by atoms with van der Waals surface area (Å²) in [5.74, 6) is 0.0257. The molecule has 2 aliphatic rings. The Balaban J connectivity index is 1.58. The Morgan fingerprint density at radius 2 is 1.83 bits per heavy atom. The normalized spacial score (nSPS) is 24.5. The molecule has 1 heterocycles. The molecular formula is C17H23N3O3. The number of nitrogens with zero attached hydrogens (tertiary/aromatic N) is 1. The van der Waals surface area contributed by atoms with Crippen LogP contribution in [0.25, 0.3) is 0 Å². The molecule has 2 atom stereocenters. The van der Waals surface area contributed by atoms with E-state index in [1.807, 2.05) is 0 Å². The Morgan fingerprint density at radius 1 is 1.13 bits per heavy atom. The number of carbonyl (C=O) groups excluding carboxylic acids is 2. The molecule has 6 heteroatoms. The van der Waals surface area contributed by atoms with Gasteiger partial charge in [-0.3, -0.25) is 9.59 Å². The van der Waals surface area contributed by atoms with Gasteiger partial charge in [-0.25, -0.2) is 0 Å². The molecule has 1 saturated heterocycles. The van der Waals surface area contributed by atoms with Crippen molar-refractivity contribution in [3.8, 4) is 0 Å². The zero-order valence-corrected chi connectivity index (χ0v) is 13.2. The molecule has 3 rings (SSSR count). The average Bonchev–Trinajstić information content (AvgIpc) is 3.02. The Bertz CT molecular complexity index is 567. The van der Waals surface area contributed by atoms with Gasteiger partial charge in [0.05, 0.1) is 13.2 Å². The molecule has 1 aromatic carbocycles. The molecule has 1 aromatic rings. The van der Waals surface area contributed by atoms with Crippen LogP contribution in [0, 0.1) is 5.92 Å². The summed E-state index contributed by atoms with van der Waals surface area (Å²) < 4.78 is 5.25. The number of amides is 2. The highest BCUT2D eigenvalue weighted by Crippen LogP contribution is 2.25. The molecule has 0 radical (unpaired) electrons. The van der Waals surface area contributed by atoms with Crippen LogP contribution in [-0.2, 0) is 9.53 Å². The van der Waals surface area contributed by atoms with Gasteiger partial charge in [0.2, 0.25) is 5.91 Å². The van der Waals surface area contributed by atoms with Crippen molar-refractivity contribution in [2.75, 3.05) is 31.6 Å². The van der Waals surface area contributed by atoms with E-state index >= 15 is 0 Å². The van der Waals surface area contributed by atoms with Gasteiger partial charge in [0.15, 0.2) is 0 Å². The number of nitrogens with one attached hydrogen (secondary N) is 1. The molecule has 1 aliphatic heterocycles. The Kier molecular flexibility index (Phi) is 4.93. The summed E-state index contributed by atoms with van der Waals surface area (Å²) in [5, 5.41) is 2.91. The van der Waals surface area contributed by atoms with Crippen molar-refractivity contribution >= 4 is 17.5 Å². The molecule has 0 bridgehead atoms. The molecule has 2 unspecified atom stereocenters. The molecule has 1 aliphatic carbocycles. The van der Waals surface area contributed by atoms with E-state index in [2.05, 4.69) is 5.32 Å². The first-order valence-electron chi connectivity index (χ1n) is 8.17. The topological polar surface area (TPSA) is 84.7 Å². The van der Waals surface area contributed by atoms with Crippen LogP contribution in [0.2, 0.25) is 0 Å². The molecule has 23 heavy (non-hydrogen) atoms. The molecule has 1 saturated carbocycles. The summed E-state index contributed by atoms with van der Waals surface area (Å²) >= 11 is 0. The fourth-order valence-electron chi connectivity index (χ4n) is 3.14. The van der Waals surface area contributed by atoms with Crippen LogP contribution < -0.4 is 11.1 Å². The minimum absolute atomic E-state index is 0.000316. The van der Waals surface area contributed by atoms with E-state index in [9.17, 15) is 9.59 Å². The largest absolute Gasteiger partial charge is 0.378 e. The molecule has 3 N–H and O–H groups in total. The van der Waals surface area contributed by atoms with E-state index in [0.29, 0.717) is 37.6 Å². The van der Waals surface area contributed by atoms with Gasteiger partial charge in [-0.1, -0.05) is 0 Å². The number of anilines is 1. The average molecular weight is 317 g/mol.